The summed E-state index contributed by atoms with van der Waals surface area (Å²) in [4.78, 5) is 28.4. The van der Waals surface area contributed by atoms with E-state index in [0.29, 0.717) is 12.8 Å². The van der Waals surface area contributed by atoms with Gasteiger partial charge in [0.1, 0.15) is 6.04 Å². The second-order valence-electron chi connectivity index (χ2n) is 7.25. The van der Waals surface area contributed by atoms with Crippen LogP contribution in [0.4, 0.5) is 0 Å². The molecule has 0 saturated heterocycles. The van der Waals surface area contributed by atoms with Gasteiger partial charge in [0.2, 0.25) is 5.91 Å². The molecule has 156 valence electrons. The SMILES string of the molecule is CCCCCCCCCCCC(=O)NC(=O)[C@H](Cc1ccccc1)N=C(N)N. The minimum Gasteiger partial charge on any atom is -0.370 e. The first-order valence-electron chi connectivity index (χ1n) is 10.5. The number of nitrogens with zero attached hydrogens (tertiary/aromatic N) is 1. The van der Waals surface area contributed by atoms with Gasteiger partial charge in [0.05, 0.1) is 0 Å². The van der Waals surface area contributed by atoms with E-state index in [4.69, 9.17) is 11.5 Å². The first-order chi connectivity index (χ1) is 13.5. The summed E-state index contributed by atoms with van der Waals surface area (Å²) in [5, 5.41) is 2.43. The van der Waals surface area contributed by atoms with Gasteiger partial charge in [-0.05, 0) is 12.0 Å². The number of aliphatic imine (C=N–C) groups is 1. The molecule has 0 unspecified atom stereocenters. The molecule has 0 radical (unpaired) electrons. The summed E-state index contributed by atoms with van der Waals surface area (Å²) >= 11 is 0. The lowest BCUT2D eigenvalue weighted by Crippen LogP contribution is -2.40. The molecule has 0 spiro atoms. The predicted molar refractivity (Wildman–Crippen MR) is 115 cm³/mol. The maximum Gasteiger partial charge on any atom is 0.251 e. The summed E-state index contributed by atoms with van der Waals surface area (Å²) in [7, 11) is 0. The highest BCUT2D eigenvalue weighted by Gasteiger charge is 2.20. The molecule has 0 aliphatic heterocycles. The van der Waals surface area contributed by atoms with Crippen LogP contribution in [0.15, 0.2) is 35.3 Å². The smallest absolute Gasteiger partial charge is 0.251 e. The van der Waals surface area contributed by atoms with Gasteiger partial charge in [-0.3, -0.25) is 14.9 Å². The Kier molecular flexibility index (Phi) is 12.4. The Balaban J connectivity index is 2.30. The van der Waals surface area contributed by atoms with Crippen LogP contribution in [0.5, 0.6) is 0 Å². The summed E-state index contributed by atoms with van der Waals surface area (Å²) in [6, 6.07) is 8.65. The molecule has 28 heavy (non-hydrogen) atoms. The lowest BCUT2D eigenvalue weighted by Gasteiger charge is -2.13. The zero-order valence-corrected chi connectivity index (χ0v) is 17.2. The number of unbranched alkanes of at least 4 members (excludes halogenated alkanes) is 8. The number of carbonyl (C=O) groups excluding carboxylic acids is 2. The van der Waals surface area contributed by atoms with Crippen molar-refractivity contribution in [3.8, 4) is 0 Å². The average molecular weight is 389 g/mol. The molecule has 1 aromatic rings. The molecule has 5 N–H and O–H groups in total. The Morgan fingerprint density at radius 3 is 2.07 bits per heavy atom. The second kappa shape index (κ2) is 14.7. The average Bonchev–Trinajstić information content (AvgIpc) is 2.66. The molecule has 6 nitrogen and oxygen atoms in total. The fourth-order valence-corrected chi connectivity index (χ4v) is 3.09. The highest BCUT2D eigenvalue weighted by Crippen LogP contribution is 2.11. The Labute approximate surface area is 169 Å². The topological polar surface area (TPSA) is 111 Å². The minimum absolute atomic E-state index is 0.164. The number of imide groups is 1. The third-order valence-electron chi connectivity index (χ3n) is 4.65. The van der Waals surface area contributed by atoms with E-state index in [9.17, 15) is 9.59 Å². The molecule has 1 rings (SSSR count). The number of nitrogens with one attached hydrogen (secondary N) is 1. The van der Waals surface area contributed by atoms with Gasteiger partial charge in [-0.25, -0.2) is 4.99 Å². The van der Waals surface area contributed by atoms with Crippen molar-refractivity contribution in [1.29, 1.82) is 0 Å². The number of amides is 2. The number of nitrogens with two attached hydrogens (primary N) is 2. The number of hydrogen-bond donors (Lipinski definition) is 3. The van der Waals surface area contributed by atoms with Crippen molar-refractivity contribution in [2.45, 2.75) is 83.6 Å². The number of carbonyl (C=O) groups is 2. The van der Waals surface area contributed by atoms with Gasteiger partial charge in [-0.1, -0.05) is 88.6 Å². The monoisotopic (exact) mass is 388 g/mol. The molecule has 0 fully saturated rings. The van der Waals surface area contributed by atoms with Gasteiger partial charge in [-0.2, -0.15) is 0 Å². The second-order valence-corrected chi connectivity index (χ2v) is 7.25. The van der Waals surface area contributed by atoms with E-state index in [0.717, 1.165) is 24.8 Å². The Morgan fingerprint density at radius 2 is 1.50 bits per heavy atom. The van der Waals surface area contributed by atoms with E-state index in [1.807, 2.05) is 30.3 Å². The molecule has 0 saturated carbocycles. The third kappa shape index (κ3) is 11.4. The number of rotatable bonds is 14. The number of hydrogen-bond acceptors (Lipinski definition) is 3. The molecule has 0 bridgehead atoms. The van der Waals surface area contributed by atoms with E-state index < -0.39 is 11.9 Å². The zero-order valence-electron chi connectivity index (χ0n) is 17.2. The van der Waals surface area contributed by atoms with Crippen molar-refractivity contribution >= 4 is 17.8 Å². The maximum atomic E-state index is 12.4. The van der Waals surface area contributed by atoms with Crippen LogP contribution in [0.1, 0.15) is 76.7 Å². The number of guanidine groups is 1. The molecular formula is C22H36N4O2. The molecule has 1 atom stereocenters. The van der Waals surface area contributed by atoms with Crippen LogP contribution in [-0.2, 0) is 16.0 Å². The van der Waals surface area contributed by atoms with Gasteiger partial charge >= 0.3 is 0 Å². The van der Waals surface area contributed by atoms with Crippen LogP contribution in [-0.4, -0.2) is 23.8 Å². The summed E-state index contributed by atoms with van der Waals surface area (Å²) in [5.74, 6) is -0.891. The van der Waals surface area contributed by atoms with Gasteiger partial charge in [0.15, 0.2) is 5.96 Å². The first-order valence-corrected chi connectivity index (χ1v) is 10.5. The van der Waals surface area contributed by atoms with Crippen LogP contribution >= 0.6 is 0 Å². The van der Waals surface area contributed by atoms with Crippen molar-refractivity contribution in [1.82, 2.24) is 5.32 Å². The summed E-state index contributed by atoms with van der Waals surface area (Å²) in [6.07, 6.45) is 11.3. The molecule has 0 aliphatic carbocycles. The van der Waals surface area contributed by atoms with Crippen LogP contribution in [0.3, 0.4) is 0 Å². The van der Waals surface area contributed by atoms with Crippen LogP contribution in [0.2, 0.25) is 0 Å². The van der Waals surface area contributed by atoms with Crippen LogP contribution < -0.4 is 16.8 Å². The van der Waals surface area contributed by atoms with E-state index in [2.05, 4.69) is 17.2 Å². The van der Waals surface area contributed by atoms with Crippen molar-refractivity contribution in [2.75, 3.05) is 0 Å². The van der Waals surface area contributed by atoms with Crippen molar-refractivity contribution in [3.63, 3.8) is 0 Å². The molecule has 1 aromatic carbocycles. The highest BCUT2D eigenvalue weighted by molar-refractivity contribution is 5.98. The fraction of sp³-hybridized carbons (Fsp3) is 0.591. The van der Waals surface area contributed by atoms with Crippen molar-refractivity contribution < 1.29 is 9.59 Å². The third-order valence-corrected chi connectivity index (χ3v) is 4.65. The van der Waals surface area contributed by atoms with E-state index in [1.165, 1.54) is 38.5 Å². The quantitative estimate of drug-likeness (QED) is 0.257. The molecule has 2 amide bonds. The van der Waals surface area contributed by atoms with Gasteiger partial charge in [-0.15, -0.1) is 0 Å². The summed E-state index contributed by atoms with van der Waals surface area (Å²) < 4.78 is 0. The maximum absolute atomic E-state index is 12.4. The standard InChI is InChI=1S/C22H36N4O2/c1-2-3-4-5-6-7-8-9-13-16-20(27)26-21(28)19(25-22(23)24)17-18-14-11-10-12-15-18/h10-12,14-15,19H,2-9,13,16-17H2,1H3,(H4,23,24,25)(H,26,27,28)/t19-/m0/s1. The predicted octanol–water partition coefficient (Wildman–Crippen LogP) is 3.43. The highest BCUT2D eigenvalue weighted by atomic mass is 16.2. The first kappa shape index (κ1) is 23.7. The normalized spacial score (nSPS) is 11.6. The lowest BCUT2D eigenvalue weighted by atomic mass is 10.1. The largest absolute Gasteiger partial charge is 0.370 e. The minimum atomic E-state index is -0.806. The Morgan fingerprint density at radius 1 is 0.929 bits per heavy atom. The van der Waals surface area contributed by atoms with Crippen LogP contribution in [0, 0.1) is 0 Å². The number of benzene rings is 1. The molecule has 0 aliphatic rings. The van der Waals surface area contributed by atoms with Gasteiger partial charge in [0.25, 0.3) is 5.91 Å². The molecule has 0 heterocycles. The lowest BCUT2D eigenvalue weighted by molar-refractivity contribution is -0.131. The van der Waals surface area contributed by atoms with Crippen molar-refractivity contribution in [3.05, 3.63) is 35.9 Å². The van der Waals surface area contributed by atoms with E-state index in [1.54, 1.807) is 0 Å². The van der Waals surface area contributed by atoms with E-state index in [-0.39, 0.29) is 11.9 Å². The molecule has 0 aromatic heterocycles. The van der Waals surface area contributed by atoms with E-state index >= 15 is 0 Å². The molecule has 6 heteroatoms. The fourth-order valence-electron chi connectivity index (χ4n) is 3.09. The zero-order chi connectivity index (χ0) is 20.6. The van der Waals surface area contributed by atoms with Crippen molar-refractivity contribution in [2.24, 2.45) is 16.5 Å². The Bertz CT molecular complexity index is 598. The summed E-state index contributed by atoms with van der Waals surface area (Å²) in [6.45, 7) is 2.22. The van der Waals surface area contributed by atoms with Crippen LogP contribution in [0.25, 0.3) is 0 Å². The van der Waals surface area contributed by atoms with Gasteiger partial charge < -0.3 is 11.5 Å². The Hall–Kier alpha value is -2.37. The van der Waals surface area contributed by atoms with Gasteiger partial charge in [0, 0.05) is 12.8 Å². The molecular weight excluding hydrogens is 352 g/mol. The summed E-state index contributed by atoms with van der Waals surface area (Å²) in [5.41, 5.74) is 11.8.